The first-order valence-corrected chi connectivity index (χ1v) is 8.17. The Labute approximate surface area is 131 Å². The van der Waals surface area contributed by atoms with Crippen molar-refractivity contribution in [1.82, 2.24) is 9.62 Å². The summed E-state index contributed by atoms with van der Waals surface area (Å²) in [5, 5.41) is 4.12. The van der Waals surface area contributed by atoms with Crippen LogP contribution in [0.2, 0.25) is 5.02 Å². The van der Waals surface area contributed by atoms with Gasteiger partial charge < -0.3 is 5.32 Å². The number of nitrogens with zero attached hydrogens (tertiary/aromatic N) is 1. The SMILES string of the molecule is O=C1CN(S(=O)(=O)c2ccc3cccc(Cl)c3c2)C(=S)N1. The van der Waals surface area contributed by atoms with E-state index in [9.17, 15) is 13.2 Å². The van der Waals surface area contributed by atoms with Gasteiger partial charge >= 0.3 is 0 Å². The first-order chi connectivity index (χ1) is 9.89. The minimum absolute atomic E-state index is 0.0435. The molecule has 3 rings (SSSR count). The lowest BCUT2D eigenvalue weighted by Crippen LogP contribution is -2.34. The third-order valence-electron chi connectivity index (χ3n) is 3.15. The standard InChI is InChI=1S/C13H9ClN2O3S2/c14-11-3-1-2-8-4-5-9(6-10(8)11)21(18,19)16-7-12(17)15-13(16)20/h1-6H,7H2,(H,15,17,20). The number of carbonyl (C=O) groups excluding carboxylic acids is 1. The summed E-state index contributed by atoms with van der Waals surface area (Å²) in [4.78, 5) is 11.3. The summed E-state index contributed by atoms with van der Waals surface area (Å²) in [6.45, 7) is -0.304. The summed E-state index contributed by atoms with van der Waals surface area (Å²) in [6, 6.07) is 9.94. The van der Waals surface area contributed by atoms with Crippen LogP contribution >= 0.6 is 23.8 Å². The number of hydrogen-bond acceptors (Lipinski definition) is 4. The number of rotatable bonds is 2. The van der Waals surface area contributed by atoms with E-state index in [1.807, 2.05) is 6.07 Å². The van der Waals surface area contributed by atoms with E-state index in [1.165, 1.54) is 12.1 Å². The van der Waals surface area contributed by atoms with Crippen molar-refractivity contribution in [2.45, 2.75) is 4.90 Å². The van der Waals surface area contributed by atoms with Gasteiger partial charge in [0.2, 0.25) is 5.91 Å². The summed E-state index contributed by atoms with van der Waals surface area (Å²) in [5.41, 5.74) is 0. The molecule has 0 unspecified atom stereocenters. The van der Waals surface area contributed by atoms with Gasteiger partial charge in [0.1, 0.15) is 6.54 Å². The molecule has 1 fully saturated rings. The van der Waals surface area contributed by atoms with Gasteiger partial charge in [0.15, 0.2) is 5.11 Å². The van der Waals surface area contributed by atoms with Crippen LogP contribution in [0, 0.1) is 0 Å². The lowest BCUT2D eigenvalue weighted by molar-refractivity contribution is -0.118. The van der Waals surface area contributed by atoms with E-state index in [0.29, 0.717) is 10.4 Å². The van der Waals surface area contributed by atoms with E-state index in [0.717, 1.165) is 9.69 Å². The minimum atomic E-state index is -3.88. The monoisotopic (exact) mass is 340 g/mol. The molecule has 0 saturated carbocycles. The van der Waals surface area contributed by atoms with Crippen LogP contribution in [-0.4, -0.2) is 30.3 Å². The molecule has 1 saturated heterocycles. The van der Waals surface area contributed by atoms with Crippen LogP contribution in [0.5, 0.6) is 0 Å². The van der Waals surface area contributed by atoms with E-state index >= 15 is 0 Å². The highest BCUT2D eigenvalue weighted by atomic mass is 35.5. The van der Waals surface area contributed by atoms with Crippen molar-refractivity contribution in [3.8, 4) is 0 Å². The molecular weight excluding hydrogens is 332 g/mol. The summed E-state index contributed by atoms with van der Waals surface area (Å²) < 4.78 is 26.0. The fraction of sp³-hybridized carbons (Fsp3) is 0.0769. The molecule has 21 heavy (non-hydrogen) atoms. The van der Waals surface area contributed by atoms with Gasteiger partial charge in [-0.2, -0.15) is 0 Å². The number of fused-ring (bicyclic) bond motifs is 1. The van der Waals surface area contributed by atoms with Crippen LogP contribution in [0.4, 0.5) is 0 Å². The molecule has 1 heterocycles. The third-order valence-corrected chi connectivity index (χ3v) is 5.66. The van der Waals surface area contributed by atoms with Gasteiger partial charge in [-0.25, -0.2) is 12.7 Å². The molecule has 5 nitrogen and oxygen atoms in total. The quantitative estimate of drug-likeness (QED) is 0.848. The van der Waals surface area contributed by atoms with Crippen LogP contribution in [0.1, 0.15) is 0 Å². The second-order valence-electron chi connectivity index (χ2n) is 4.49. The molecule has 0 bridgehead atoms. The van der Waals surface area contributed by atoms with Crippen LogP contribution in [0.3, 0.4) is 0 Å². The maximum Gasteiger partial charge on any atom is 0.266 e. The predicted octanol–water partition coefficient (Wildman–Crippen LogP) is 1.90. The molecule has 8 heteroatoms. The topological polar surface area (TPSA) is 66.5 Å². The van der Waals surface area contributed by atoms with Gasteiger partial charge in [0.05, 0.1) is 4.90 Å². The van der Waals surface area contributed by atoms with E-state index in [4.69, 9.17) is 23.8 Å². The Kier molecular flexibility index (Phi) is 3.35. The van der Waals surface area contributed by atoms with E-state index in [-0.39, 0.29) is 16.6 Å². The number of halogens is 1. The summed E-state index contributed by atoms with van der Waals surface area (Å²) in [7, 11) is -3.88. The Morgan fingerprint density at radius 1 is 1.24 bits per heavy atom. The average Bonchev–Trinajstić information content (AvgIpc) is 2.78. The summed E-state index contributed by atoms with van der Waals surface area (Å²) in [5.74, 6) is -0.442. The van der Waals surface area contributed by atoms with Crippen molar-refractivity contribution in [2.75, 3.05) is 6.54 Å². The van der Waals surface area contributed by atoms with Gasteiger partial charge in [-0.05, 0) is 35.8 Å². The largest absolute Gasteiger partial charge is 0.301 e. The van der Waals surface area contributed by atoms with E-state index in [1.54, 1.807) is 18.2 Å². The van der Waals surface area contributed by atoms with Crippen LogP contribution < -0.4 is 5.32 Å². The molecule has 0 aliphatic carbocycles. The summed E-state index contributed by atoms with van der Waals surface area (Å²) in [6.07, 6.45) is 0. The van der Waals surface area contributed by atoms with Gasteiger partial charge in [-0.15, -0.1) is 0 Å². The molecule has 1 amide bonds. The van der Waals surface area contributed by atoms with Crippen LogP contribution in [-0.2, 0) is 14.8 Å². The van der Waals surface area contributed by atoms with Crippen LogP contribution in [0.15, 0.2) is 41.3 Å². The van der Waals surface area contributed by atoms with Crippen molar-refractivity contribution in [3.05, 3.63) is 41.4 Å². The highest BCUT2D eigenvalue weighted by Crippen LogP contribution is 2.27. The maximum atomic E-state index is 12.5. The van der Waals surface area contributed by atoms with Gasteiger partial charge in [-0.3, -0.25) is 4.79 Å². The molecule has 108 valence electrons. The zero-order valence-corrected chi connectivity index (χ0v) is 12.9. The highest BCUT2D eigenvalue weighted by molar-refractivity contribution is 7.91. The maximum absolute atomic E-state index is 12.5. The van der Waals surface area contributed by atoms with E-state index < -0.39 is 15.9 Å². The number of amides is 1. The molecule has 2 aromatic rings. The average molecular weight is 341 g/mol. The molecule has 0 radical (unpaired) electrons. The number of nitrogens with one attached hydrogen (secondary N) is 1. The van der Waals surface area contributed by atoms with Crippen molar-refractivity contribution >= 4 is 55.6 Å². The second-order valence-corrected chi connectivity index (χ2v) is 7.14. The Morgan fingerprint density at radius 3 is 2.67 bits per heavy atom. The fourth-order valence-corrected chi connectivity index (χ4v) is 4.14. The number of benzene rings is 2. The molecule has 1 N–H and O–H groups in total. The molecule has 0 aromatic heterocycles. The molecular formula is C13H9ClN2O3S2. The number of thiocarbonyl (C=S) groups is 1. The highest BCUT2D eigenvalue weighted by Gasteiger charge is 2.34. The lowest BCUT2D eigenvalue weighted by atomic mass is 10.1. The van der Waals surface area contributed by atoms with Crippen molar-refractivity contribution < 1.29 is 13.2 Å². The predicted molar refractivity (Wildman–Crippen MR) is 83.6 cm³/mol. The molecule has 2 aromatic carbocycles. The number of carbonyl (C=O) groups is 1. The summed E-state index contributed by atoms with van der Waals surface area (Å²) >= 11 is 11.0. The Balaban J connectivity index is 2.13. The third kappa shape index (κ3) is 2.37. The van der Waals surface area contributed by atoms with Gasteiger partial charge in [-0.1, -0.05) is 29.8 Å². The molecule has 0 atom stereocenters. The van der Waals surface area contributed by atoms with Crippen molar-refractivity contribution in [1.29, 1.82) is 0 Å². The lowest BCUT2D eigenvalue weighted by Gasteiger charge is -2.16. The van der Waals surface area contributed by atoms with Crippen LogP contribution in [0.25, 0.3) is 10.8 Å². The number of hydrogen-bond donors (Lipinski definition) is 1. The fourth-order valence-electron chi connectivity index (χ4n) is 2.12. The van der Waals surface area contributed by atoms with Gasteiger partial charge in [0.25, 0.3) is 10.0 Å². The van der Waals surface area contributed by atoms with E-state index in [2.05, 4.69) is 5.32 Å². The van der Waals surface area contributed by atoms with Gasteiger partial charge in [0, 0.05) is 10.4 Å². The van der Waals surface area contributed by atoms with Crippen molar-refractivity contribution in [3.63, 3.8) is 0 Å². The Morgan fingerprint density at radius 2 is 2.00 bits per heavy atom. The molecule has 1 aliphatic heterocycles. The zero-order valence-electron chi connectivity index (χ0n) is 10.5. The number of sulfonamides is 1. The second kappa shape index (κ2) is 4.94. The molecule has 1 aliphatic rings. The molecule has 0 spiro atoms. The Bertz CT molecular complexity index is 880. The smallest absolute Gasteiger partial charge is 0.266 e. The normalized spacial score (nSPS) is 15.6. The first kappa shape index (κ1) is 14.2. The first-order valence-electron chi connectivity index (χ1n) is 5.94. The Hall–Kier alpha value is -1.70. The zero-order chi connectivity index (χ0) is 15.2. The van der Waals surface area contributed by atoms with Crippen molar-refractivity contribution in [2.24, 2.45) is 0 Å². The minimum Gasteiger partial charge on any atom is -0.301 e.